The number of carboxylic acid groups (broad SMARTS) is 2. The molecule has 8 nitrogen and oxygen atoms in total. The fourth-order valence-electron chi connectivity index (χ4n) is 1.17. The van der Waals surface area contributed by atoms with E-state index >= 15 is 0 Å². The summed E-state index contributed by atoms with van der Waals surface area (Å²) in [5.74, 6) is -2.96. The van der Waals surface area contributed by atoms with Gasteiger partial charge in [-0.1, -0.05) is 0 Å². The van der Waals surface area contributed by atoms with Crippen molar-refractivity contribution in [1.29, 1.82) is 0 Å². The van der Waals surface area contributed by atoms with Gasteiger partial charge < -0.3 is 19.8 Å². The molecular weight excluding hydrogens is 296 g/mol. The summed E-state index contributed by atoms with van der Waals surface area (Å²) in [6.07, 6.45) is -3.52. The molecule has 0 radical (unpaired) electrons. The van der Waals surface area contributed by atoms with Crippen molar-refractivity contribution in [2.75, 3.05) is 0 Å². The van der Waals surface area contributed by atoms with E-state index in [1.54, 1.807) is 41.5 Å². The zero-order valence-corrected chi connectivity index (χ0v) is 13.8. The average Bonchev–Trinajstić information content (AvgIpc) is 2.28. The van der Waals surface area contributed by atoms with E-state index in [1.165, 1.54) is 0 Å². The minimum absolute atomic E-state index is 0.204. The van der Waals surface area contributed by atoms with Crippen molar-refractivity contribution < 1.29 is 39.4 Å². The predicted octanol–water partition coefficient (Wildman–Crippen LogP) is -0.503. The molecule has 0 saturated carbocycles. The van der Waals surface area contributed by atoms with Crippen LogP contribution in [0.25, 0.3) is 0 Å². The van der Waals surface area contributed by atoms with Gasteiger partial charge in [0, 0.05) is 5.97 Å². The first kappa shape index (κ1) is 20.8. The number of aliphatic carboxylic acids is 2. The van der Waals surface area contributed by atoms with Crippen molar-refractivity contribution >= 4 is 11.9 Å². The summed E-state index contributed by atoms with van der Waals surface area (Å²) in [5.41, 5.74) is -1.49. The second kappa shape index (κ2) is 8.42. The van der Waals surface area contributed by atoms with Gasteiger partial charge in [0.05, 0.1) is 17.2 Å². The Hall–Kier alpha value is -1.22. The molecule has 130 valence electrons. The minimum Gasteiger partial charge on any atom is -0.550 e. The number of hydrogen-bond donors (Lipinski definition) is 0. The fourth-order valence-corrected chi connectivity index (χ4v) is 1.17. The molecule has 2 atom stereocenters. The third-order valence-electron chi connectivity index (χ3n) is 2.03. The summed E-state index contributed by atoms with van der Waals surface area (Å²) in [6, 6.07) is 0. The average molecular weight is 320 g/mol. The largest absolute Gasteiger partial charge is 0.550 e. The van der Waals surface area contributed by atoms with Crippen molar-refractivity contribution in [3.8, 4) is 0 Å². The van der Waals surface area contributed by atoms with Crippen LogP contribution in [0.1, 0.15) is 54.4 Å². The highest BCUT2D eigenvalue weighted by Crippen LogP contribution is 2.18. The van der Waals surface area contributed by atoms with Crippen LogP contribution >= 0.6 is 0 Å². The summed E-state index contributed by atoms with van der Waals surface area (Å²) < 4.78 is 0. The van der Waals surface area contributed by atoms with Crippen molar-refractivity contribution in [3.05, 3.63) is 0 Å². The van der Waals surface area contributed by atoms with Gasteiger partial charge in [-0.15, -0.1) is 0 Å². The number of hydrogen-bond acceptors (Lipinski definition) is 8. The van der Waals surface area contributed by atoms with E-state index < -0.39 is 41.8 Å². The first-order chi connectivity index (χ1) is 9.82. The summed E-state index contributed by atoms with van der Waals surface area (Å²) in [4.78, 5) is 41.7. The van der Waals surface area contributed by atoms with E-state index in [-0.39, 0.29) is 6.42 Å². The zero-order valence-electron chi connectivity index (χ0n) is 13.8. The third-order valence-corrected chi connectivity index (χ3v) is 2.03. The lowest BCUT2D eigenvalue weighted by Gasteiger charge is -2.30. The highest BCUT2D eigenvalue weighted by molar-refractivity contribution is 5.71. The molecule has 0 saturated heterocycles. The normalized spacial score (nSPS) is 15.4. The van der Waals surface area contributed by atoms with Gasteiger partial charge >= 0.3 is 0 Å². The Balaban J connectivity index is 4.93. The molecule has 0 fully saturated rings. The maximum Gasteiger partial charge on any atom is 0.161 e. The Kier molecular flexibility index (Phi) is 7.96. The Labute approximate surface area is 130 Å². The predicted molar refractivity (Wildman–Crippen MR) is 70.7 cm³/mol. The van der Waals surface area contributed by atoms with Crippen LogP contribution < -0.4 is 10.2 Å². The first-order valence-corrected chi connectivity index (χ1v) is 6.91. The molecule has 8 heteroatoms. The van der Waals surface area contributed by atoms with Crippen LogP contribution in [-0.4, -0.2) is 35.3 Å². The minimum atomic E-state index is -1.65. The lowest BCUT2D eigenvalue weighted by Crippen LogP contribution is -2.48. The molecule has 0 aromatic carbocycles. The molecule has 0 N–H and O–H groups in total. The van der Waals surface area contributed by atoms with E-state index in [2.05, 4.69) is 0 Å². The Morgan fingerprint density at radius 2 is 1.36 bits per heavy atom. The van der Waals surface area contributed by atoms with Gasteiger partial charge in [0.25, 0.3) is 0 Å². The van der Waals surface area contributed by atoms with E-state index in [9.17, 15) is 19.8 Å². The van der Waals surface area contributed by atoms with Crippen molar-refractivity contribution in [2.24, 2.45) is 0 Å². The number of carbonyl (C=O) groups excluding carboxylic acids is 2. The van der Waals surface area contributed by atoms with Crippen LogP contribution in [0.4, 0.5) is 0 Å². The molecule has 0 amide bonds. The zero-order chi connectivity index (χ0) is 17.6. The molecule has 0 aliphatic rings. The van der Waals surface area contributed by atoms with Gasteiger partial charge in [-0.2, -0.15) is 0 Å². The molecule has 0 aromatic heterocycles. The van der Waals surface area contributed by atoms with Gasteiger partial charge in [0.1, 0.15) is 6.10 Å². The summed E-state index contributed by atoms with van der Waals surface area (Å²) in [6.45, 7) is 10.0. The molecule has 0 spiro atoms. The second-order valence-corrected chi connectivity index (χ2v) is 6.77. The third kappa shape index (κ3) is 10.5. The van der Waals surface area contributed by atoms with Crippen molar-refractivity contribution in [3.63, 3.8) is 0 Å². The maximum absolute atomic E-state index is 11.2. The van der Waals surface area contributed by atoms with Gasteiger partial charge in [-0.05, 0) is 54.4 Å². The molecule has 0 aromatic rings. The number of carboxylic acids is 2. The molecule has 0 bridgehead atoms. The monoisotopic (exact) mass is 320 g/mol. The van der Waals surface area contributed by atoms with E-state index in [0.29, 0.717) is 0 Å². The first-order valence-electron chi connectivity index (χ1n) is 6.91. The SMILES string of the molecule is CC(C)(C)OOC(CCC(=O)[O-])C(OOC(C)(C)C)C(=O)[O-]. The Morgan fingerprint density at radius 3 is 1.73 bits per heavy atom. The highest BCUT2D eigenvalue weighted by Gasteiger charge is 2.30. The molecule has 0 aliphatic heterocycles. The molecule has 0 aliphatic carbocycles. The summed E-state index contributed by atoms with van der Waals surface area (Å²) in [7, 11) is 0. The summed E-state index contributed by atoms with van der Waals surface area (Å²) in [5, 5.41) is 21.8. The van der Waals surface area contributed by atoms with Gasteiger partial charge in [0.15, 0.2) is 6.10 Å². The number of carbonyl (C=O) groups is 2. The molecular formula is C14H24O8-2. The smallest absolute Gasteiger partial charge is 0.161 e. The van der Waals surface area contributed by atoms with Crippen LogP contribution in [0.2, 0.25) is 0 Å². The Morgan fingerprint density at radius 1 is 0.909 bits per heavy atom. The summed E-state index contributed by atoms with van der Waals surface area (Å²) >= 11 is 0. The molecule has 0 heterocycles. The van der Waals surface area contributed by atoms with Crippen LogP contribution in [0.3, 0.4) is 0 Å². The van der Waals surface area contributed by atoms with Gasteiger partial charge in [-0.3, -0.25) is 0 Å². The van der Waals surface area contributed by atoms with Crippen LogP contribution in [0.15, 0.2) is 0 Å². The van der Waals surface area contributed by atoms with Crippen LogP contribution in [0, 0.1) is 0 Å². The second-order valence-electron chi connectivity index (χ2n) is 6.77. The lowest BCUT2D eigenvalue weighted by molar-refractivity contribution is -0.438. The molecule has 2 unspecified atom stereocenters. The highest BCUT2D eigenvalue weighted by atomic mass is 17.2. The topological polar surface area (TPSA) is 117 Å². The van der Waals surface area contributed by atoms with E-state index in [0.717, 1.165) is 0 Å². The quantitative estimate of drug-likeness (QED) is 0.412. The van der Waals surface area contributed by atoms with Crippen molar-refractivity contribution in [2.45, 2.75) is 77.8 Å². The van der Waals surface area contributed by atoms with E-state index in [4.69, 9.17) is 19.6 Å². The molecule has 22 heavy (non-hydrogen) atoms. The van der Waals surface area contributed by atoms with E-state index in [1.807, 2.05) is 0 Å². The number of rotatable bonds is 9. The van der Waals surface area contributed by atoms with Crippen molar-refractivity contribution in [1.82, 2.24) is 0 Å². The van der Waals surface area contributed by atoms with Crippen LogP contribution in [0.5, 0.6) is 0 Å². The Bertz CT molecular complexity index is 366. The van der Waals surface area contributed by atoms with Gasteiger partial charge in [-0.25, -0.2) is 19.6 Å². The standard InChI is InChI=1S/C14H26O8/c1-13(2,3)21-19-9(7-8-10(15)16)11(12(17)18)20-22-14(4,5)6/h9,11H,7-8H2,1-6H3,(H,15,16)(H,17,18)/p-2. The molecule has 0 rings (SSSR count). The fraction of sp³-hybridized carbons (Fsp3) is 0.857. The lowest BCUT2D eigenvalue weighted by atomic mass is 10.1. The van der Waals surface area contributed by atoms with Crippen LogP contribution in [-0.2, 0) is 29.1 Å². The maximum atomic E-state index is 11.2. The van der Waals surface area contributed by atoms with Gasteiger partial charge in [0.2, 0.25) is 0 Å².